The first-order valence-electron chi connectivity index (χ1n) is 4.97. The zero-order chi connectivity index (χ0) is 9.84. The van der Waals surface area contributed by atoms with Gasteiger partial charge in [-0.15, -0.1) is 0 Å². The second-order valence-electron chi connectivity index (χ2n) is 3.98. The van der Waals surface area contributed by atoms with Crippen LogP contribution in [0.15, 0.2) is 0 Å². The molecule has 0 spiro atoms. The molecular weight excluding hydrogens is 171 g/mol. The maximum absolute atomic E-state index is 13.1. The summed E-state index contributed by atoms with van der Waals surface area (Å²) in [5.74, 6) is -0.836. The monoisotopic (exact) mass is 188 g/mol. The molecule has 1 N–H and O–H groups in total. The molecule has 1 rings (SSSR count). The molecular formula is C10H17FO2. The van der Waals surface area contributed by atoms with Gasteiger partial charge in [-0.1, -0.05) is 25.7 Å². The highest BCUT2D eigenvalue weighted by molar-refractivity contribution is 5.67. The van der Waals surface area contributed by atoms with Gasteiger partial charge in [0.1, 0.15) is 6.17 Å². The van der Waals surface area contributed by atoms with Crippen molar-refractivity contribution in [3.63, 3.8) is 0 Å². The van der Waals surface area contributed by atoms with Crippen molar-refractivity contribution < 1.29 is 14.3 Å². The van der Waals surface area contributed by atoms with E-state index < -0.39 is 12.1 Å². The van der Waals surface area contributed by atoms with E-state index in [1.165, 1.54) is 6.92 Å². The Labute approximate surface area is 78.1 Å². The Balaban J connectivity index is 2.50. The minimum Gasteiger partial charge on any atom is -0.481 e. The molecule has 0 aromatic carbocycles. The molecule has 0 heterocycles. The van der Waals surface area contributed by atoms with Crippen LogP contribution >= 0.6 is 0 Å². The molecule has 13 heavy (non-hydrogen) atoms. The first-order valence-corrected chi connectivity index (χ1v) is 4.97. The summed E-state index contributed by atoms with van der Waals surface area (Å²) in [5.41, 5.74) is 0. The molecule has 1 saturated carbocycles. The van der Waals surface area contributed by atoms with Crippen molar-refractivity contribution in [2.24, 2.45) is 11.8 Å². The molecule has 2 nitrogen and oxygen atoms in total. The van der Waals surface area contributed by atoms with Gasteiger partial charge in [0.05, 0.1) is 6.42 Å². The van der Waals surface area contributed by atoms with Gasteiger partial charge in [0.25, 0.3) is 0 Å². The van der Waals surface area contributed by atoms with Crippen LogP contribution in [0.25, 0.3) is 0 Å². The van der Waals surface area contributed by atoms with Crippen LogP contribution < -0.4 is 0 Å². The van der Waals surface area contributed by atoms with Gasteiger partial charge in [0.2, 0.25) is 0 Å². The SMILES string of the molecule is CC(F)C(CC(=O)O)C1CCCC1. The Kier molecular flexibility index (Phi) is 3.70. The van der Waals surface area contributed by atoms with E-state index in [2.05, 4.69) is 0 Å². The van der Waals surface area contributed by atoms with E-state index in [1.807, 2.05) is 0 Å². The van der Waals surface area contributed by atoms with Crippen LogP contribution in [-0.4, -0.2) is 17.2 Å². The van der Waals surface area contributed by atoms with E-state index >= 15 is 0 Å². The molecule has 1 aliphatic carbocycles. The van der Waals surface area contributed by atoms with E-state index in [1.54, 1.807) is 0 Å². The Morgan fingerprint density at radius 3 is 2.46 bits per heavy atom. The first-order chi connectivity index (χ1) is 6.11. The highest BCUT2D eigenvalue weighted by Gasteiger charge is 2.30. The zero-order valence-electron chi connectivity index (χ0n) is 8.00. The van der Waals surface area contributed by atoms with Gasteiger partial charge < -0.3 is 5.11 Å². The van der Waals surface area contributed by atoms with E-state index in [0.29, 0.717) is 5.92 Å². The fourth-order valence-electron chi connectivity index (χ4n) is 2.29. The average molecular weight is 188 g/mol. The third-order valence-electron chi connectivity index (χ3n) is 3.01. The smallest absolute Gasteiger partial charge is 0.303 e. The summed E-state index contributed by atoms with van der Waals surface area (Å²) >= 11 is 0. The van der Waals surface area contributed by atoms with Crippen molar-refractivity contribution >= 4 is 5.97 Å². The molecule has 0 amide bonds. The largest absolute Gasteiger partial charge is 0.481 e. The molecule has 76 valence electrons. The summed E-state index contributed by atoms with van der Waals surface area (Å²) in [6.45, 7) is 1.48. The zero-order valence-corrected chi connectivity index (χ0v) is 8.00. The highest BCUT2D eigenvalue weighted by Crippen LogP contribution is 2.35. The van der Waals surface area contributed by atoms with Crippen LogP contribution in [0.2, 0.25) is 0 Å². The lowest BCUT2D eigenvalue weighted by Crippen LogP contribution is -2.24. The Morgan fingerprint density at radius 1 is 1.54 bits per heavy atom. The number of carboxylic acid groups (broad SMARTS) is 1. The normalized spacial score (nSPS) is 22.9. The van der Waals surface area contributed by atoms with Crippen molar-refractivity contribution in [3.05, 3.63) is 0 Å². The van der Waals surface area contributed by atoms with Gasteiger partial charge in [0, 0.05) is 5.92 Å². The lowest BCUT2D eigenvalue weighted by atomic mass is 9.85. The molecule has 0 aromatic rings. The van der Waals surface area contributed by atoms with Gasteiger partial charge in [-0.25, -0.2) is 4.39 Å². The molecule has 2 unspecified atom stereocenters. The predicted molar refractivity (Wildman–Crippen MR) is 48.3 cm³/mol. The summed E-state index contributed by atoms with van der Waals surface area (Å²) in [6.07, 6.45) is 3.28. The van der Waals surface area contributed by atoms with Gasteiger partial charge in [0.15, 0.2) is 0 Å². The van der Waals surface area contributed by atoms with E-state index in [9.17, 15) is 9.18 Å². The van der Waals surface area contributed by atoms with E-state index in [4.69, 9.17) is 5.11 Å². The molecule has 0 aliphatic heterocycles. The van der Waals surface area contributed by atoms with Gasteiger partial charge >= 0.3 is 5.97 Å². The molecule has 1 fully saturated rings. The lowest BCUT2D eigenvalue weighted by Gasteiger charge is -2.22. The summed E-state index contributed by atoms with van der Waals surface area (Å²) in [6, 6.07) is 0. The number of carboxylic acids is 1. The number of halogens is 1. The summed E-state index contributed by atoms with van der Waals surface area (Å²) in [7, 11) is 0. The highest BCUT2D eigenvalue weighted by atomic mass is 19.1. The maximum Gasteiger partial charge on any atom is 0.303 e. The standard InChI is InChI=1S/C10H17FO2/c1-7(11)9(6-10(12)13)8-4-2-3-5-8/h7-9H,2-6H2,1H3,(H,12,13). The van der Waals surface area contributed by atoms with E-state index in [0.717, 1.165) is 25.7 Å². The molecule has 1 aliphatic rings. The Hall–Kier alpha value is -0.600. The number of hydrogen-bond donors (Lipinski definition) is 1. The molecule has 0 aromatic heterocycles. The average Bonchev–Trinajstić information content (AvgIpc) is 2.50. The summed E-state index contributed by atoms with van der Waals surface area (Å²) in [5, 5.41) is 8.63. The number of carbonyl (C=O) groups is 1. The van der Waals surface area contributed by atoms with Crippen LogP contribution in [0.1, 0.15) is 39.0 Å². The fraction of sp³-hybridized carbons (Fsp3) is 0.900. The topological polar surface area (TPSA) is 37.3 Å². The van der Waals surface area contributed by atoms with Gasteiger partial charge in [-0.3, -0.25) is 4.79 Å². The van der Waals surface area contributed by atoms with Crippen molar-refractivity contribution in [2.75, 3.05) is 0 Å². The van der Waals surface area contributed by atoms with Gasteiger partial charge in [-0.05, 0) is 12.8 Å². The number of rotatable bonds is 4. The fourth-order valence-corrected chi connectivity index (χ4v) is 2.29. The number of hydrogen-bond acceptors (Lipinski definition) is 1. The van der Waals surface area contributed by atoms with Crippen molar-refractivity contribution in [3.8, 4) is 0 Å². The number of alkyl halides is 1. The van der Waals surface area contributed by atoms with Crippen LogP contribution in [0.5, 0.6) is 0 Å². The predicted octanol–water partition coefficient (Wildman–Crippen LogP) is 2.63. The molecule has 0 radical (unpaired) electrons. The van der Waals surface area contributed by atoms with Crippen molar-refractivity contribution in [2.45, 2.75) is 45.2 Å². The molecule has 0 bridgehead atoms. The van der Waals surface area contributed by atoms with E-state index in [-0.39, 0.29) is 12.3 Å². The second-order valence-corrected chi connectivity index (χ2v) is 3.98. The number of aliphatic carboxylic acids is 1. The summed E-state index contributed by atoms with van der Waals surface area (Å²) < 4.78 is 13.1. The summed E-state index contributed by atoms with van der Waals surface area (Å²) in [4.78, 5) is 10.5. The van der Waals surface area contributed by atoms with Crippen LogP contribution in [0.4, 0.5) is 4.39 Å². The van der Waals surface area contributed by atoms with Crippen molar-refractivity contribution in [1.29, 1.82) is 0 Å². The second kappa shape index (κ2) is 4.58. The molecule has 2 atom stereocenters. The first kappa shape index (κ1) is 10.5. The van der Waals surface area contributed by atoms with Crippen LogP contribution in [0, 0.1) is 11.8 Å². The molecule has 3 heteroatoms. The lowest BCUT2D eigenvalue weighted by molar-refractivity contribution is -0.139. The minimum atomic E-state index is -0.987. The maximum atomic E-state index is 13.1. The Morgan fingerprint density at radius 2 is 2.08 bits per heavy atom. The third kappa shape index (κ3) is 2.98. The van der Waals surface area contributed by atoms with Crippen LogP contribution in [0.3, 0.4) is 0 Å². The minimum absolute atomic E-state index is 0.0116. The quantitative estimate of drug-likeness (QED) is 0.736. The van der Waals surface area contributed by atoms with Crippen LogP contribution in [-0.2, 0) is 4.79 Å². The van der Waals surface area contributed by atoms with Crippen molar-refractivity contribution in [1.82, 2.24) is 0 Å². The third-order valence-corrected chi connectivity index (χ3v) is 3.01. The molecule has 0 saturated heterocycles. The Bertz CT molecular complexity index is 174. The van der Waals surface area contributed by atoms with Gasteiger partial charge in [-0.2, -0.15) is 0 Å².